The molecule has 1 saturated heterocycles. The Morgan fingerprint density at radius 3 is 2.62 bits per heavy atom. The summed E-state index contributed by atoms with van der Waals surface area (Å²) in [5.74, 6) is 0.0238. The monoisotopic (exact) mass is 420 g/mol. The highest BCUT2D eigenvalue weighted by Crippen LogP contribution is 2.39. The maximum atomic E-state index is 13.9. The van der Waals surface area contributed by atoms with E-state index >= 15 is 0 Å². The number of ether oxygens (including phenoxy) is 1. The summed E-state index contributed by atoms with van der Waals surface area (Å²) in [6, 6.07) is 0. The van der Waals surface area contributed by atoms with Gasteiger partial charge >= 0.3 is 11.1 Å². The molecule has 1 aliphatic heterocycles. The second-order valence-electron chi connectivity index (χ2n) is 7.97. The van der Waals surface area contributed by atoms with Crippen LogP contribution < -0.4 is 4.65 Å². The van der Waals surface area contributed by atoms with Gasteiger partial charge in [-0.3, -0.25) is 9.44 Å². The highest BCUT2D eigenvalue weighted by Gasteiger charge is 2.46. The molecule has 0 aromatic carbocycles. The fourth-order valence-electron chi connectivity index (χ4n) is 4.04. The summed E-state index contributed by atoms with van der Waals surface area (Å²) in [5.41, 5.74) is 0. The zero-order valence-electron chi connectivity index (χ0n) is 17.1. The van der Waals surface area contributed by atoms with Crippen LogP contribution in [-0.2, 0) is 9.53 Å². The van der Waals surface area contributed by atoms with Crippen LogP contribution in [0.15, 0.2) is 25.3 Å². The maximum absolute atomic E-state index is 13.9. The minimum Gasteiger partial charge on any atom is -0.622 e. The van der Waals surface area contributed by atoms with E-state index in [4.69, 9.17) is 4.74 Å². The van der Waals surface area contributed by atoms with Gasteiger partial charge in [0.2, 0.25) is 0 Å². The highest BCUT2D eigenvalue weighted by atomic mass is 32.1. The number of aromatic nitrogens is 2. The Morgan fingerprint density at radius 2 is 1.93 bits per heavy atom. The van der Waals surface area contributed by atoms with E-state index in [1.807, 2.05) is 11.0 Å². The molecular formula is C21H32N4O3S. The highest BCUT2D eigenvalue weighted by molar-refractivity contribution is 7.15. The fraction of sp³-hybridized carbons (Fsp3) is 0.667. The number of hydrogen-bond donors (Lipinski definition) is 0. The molecule has 1 aliphatic carbocycles. The third-order valence-corrected chi connectivity index (χ3v) is 6.91. The Bertz CT molecular complexity index is 702. The van der Waals surface area contributed by atoms with E-state index in [-0.39, 0.29) is 19.1 Å². The third kappa shape index (κ3) is 5.51. The van der Waals surface area contributed by atoms with Gasteiger partial charge in [-0.25, -0.2) is 4.90 Å². The van der Waals surface area contributed by atoms with Crippen molar-refractivity contribution in [2.45, 2.75) is 69.9 Å². The van der Waals surface area contributed by atoms with Gasteiger partial charge in [-0.1, -0.05) is 42.9 Å². The van der Waals surface area contributed by atoms with Gasteiger partial charge in [0.05, 0.1) is 6.54 Å². The summed E-state index contributed by atoms with van der Waals surface area (Å²) < 4.78 is 4.85. The molecule has 0 amide bonds. The van der Waals surface area contributed by atoms with Crippen molar-refractivity contribution in [3.05, 3.63) is 35.5 Å². The molecule has 2 atom stereocenters. The maximum Gasteiger partial charge on any atom is 0.310 e. The quantitative estimate of drug-likeness (QED) is 0.193. The van der Waals surface area contributed by atoms with Gasteiger partial charge in [0.15, 0.2) is 0 Å². The van der Waals surface area contributed by atoms with Crippen LogP contribution in [0.4, 0.5) is 5.13 Å². The van der Waals surface area contributed by atoms with Crippen LogP contribution in [0, 0.1) is 5.21 Å². The minimum absolute atomic E-state index is 0.215. The van der Waals surface area contributed by atoms with Crippen molar-refractivity contribution in [3.63, 3.8) is 0 Å². The van der Waals surface area contributed by atoms with Gasteiger partial charge in [-0.05, 0) is 37.0 Å². The molecule has 1 aromatic heterocycles. The molecule has 1 saturated carbocycles. The third-order valence-electron chi connectivity index (χ3n) is 5.72. The predicted molar refractivity (Wildman–Crippen MR) is 116 cm³/mol. The summed E-state index contributed by atoms with van der Waals surface area (Å²) in [4.78, 5) is 14.2. The van der Waals surface area contributed by atoms with Gasteiger partial charge in [-0.15, -0.1) is 18.3 Å². The Kier molecular flexibility index (Phi) is 7.94. The summed E-state index contributed by atoms with van der Waals surface area (Å²) in [6.07, 6.45) is 11.4. The molecule has 2 heterocycles. The smallest absolute Gasteiger partial charge is 0.310 e. The molecule has 1 aromatic rings. The summed E-state index contributed by atoms with van der Waals surface area (Å²) in [7, 11) is 0. The Hall–Kier alpha value is -1.61. The lowest BCUT2D eigenvalue weighted by Crippen LogP contribution is -2.50. The van der Waals surface area contributed by atoms with Gasteiger partial charge in [0.25, 0.3) is 6.23 Å². The number of hydroxylamine groups is 2. The number of quaternary nitrogens is 1. The number of esters is 1. The van der Waals surface area contributed by atoms with Crippen LogP contribution in [0.5, 0.6) is 0 Å². The Labute approximate surface area is 177 Å². The molecule has 2 unspecified atom stereocenters. The van der Waals surface area contributed by atoms with Crippen LogP contribution >= 0.6 is 11.3 Å². The molecule has 0 N–H and O–H groups in total. The van der Waals surface area contributed by atoms with Crippen molar-refractivity contribution in [3.8, 4) is 0 Å². The molecule has 3 rings (SSSR count). The molecule has 29 heavy (non-hydrogen) atoms. The fourth-order valence-corrected chi connectivity index (χ4v) is 5.12. The van der Waals surface area contributed by atoms with Gasteiger partial charge in [-0.2, -0.15) is 0 Å². The SMILES string of the molecule is C=CCCC(=O)OC1CN(CCC=C)C[N+]1([O-])c1nnc(C2CCCCCC2)s1. The van der Waals surface area contributed by atoms with Crippen molar-refractivity contribution in [1.29, 1.82) is 0 Å². The Morgan fingerprint density at radius 1 is 1.21 bits per heavy atom. The molecule has 8 heteroatoms. The number of nitrogens with zero attached hydrogens (tertiary/aromatic N) is 4. The van der Waals surface area contributed by atoms with Crippen LogP contribution in [0.25, 0.3) is 0 Å². The molecule has 0 bridgehead atoms. The van der Waals surface area contributed by atoms with Crippen molar-refractivity contribution < 1.29 is 9.53 Å². The first-order chi connectivity index (χ1) is 14.1. The number of carbonyl (C=O) groups is 1. The van der Waals surface area contributed by atoms with Crippen molar-refractivity contribution in [1.82, 2.24) is 19.7 Å². The van der Waals surface area contributed by atoms with Crippen molar-refractivity contribution >= 4 is 22.4 Å². The first-order valence-corrected chi connectivity index (χ1v) is 11.4. The first-order valence-electron chi connectivity index (χ1n) is 10.6. The van der Waals surface area contributed by atoms with Crippen LogP contribution in [0.2, 0.25) is 0 Å². The van der Waals surface area contributed by atoms with E-state index in [0.717, 1.165) is 24.3 Å². The predicted octanol–water partition coefficient (Wildman–Crippen LogP) is 4.47. The molecule has 7 nitrogen and oxygen atoms in total. The first kappa shape index (κ1) is 22.1. The second kappa shape index (κ2) is 10.4. The summed E-state index contributed by atoms with van der Waals surface area (Å²) in [6.45, 7) is 8.71. The number of carbonyl (C=O) groups excluding carboxylic acids is 1. The molecular weight excluding hydrogens is 388 g/mol. The normalized spacial score (nSPS) is 26.2. The molecule has 2 fully saturated rings. The van der Waals surface area contributed by atoms with E-state index in [2.05, 4.69) is 23.4 Å². The molecule has 0 radical (unpaired) electrons. The lowest BCUT2D eigenvalue weighted by molar-refractivity contribution is -0.153. The Balaban J connectivity index is 1.77. The molecule has 2 aliphatic rings. The van der Waals surface area contributed by atoms with Crippen LogP contribution in [-0.4, -0.2) is 47.1 Å². The summed E-state index contributed by atoms with van der Waals surface area (Å²) >= 11 is 1.40. The average Bonchev–Trinajstić information content (AvgIpc) is 3.22. The van der Waals surface area contributed by atoms with E-state index in [1.54, 1.807) is 6.08 Å². The van der Waals surface area contributed by atoms with Gasteiger partial charge < -0.3 is 9.94 Å². The van der Waals surface area contributed by atoms with Gasteiger partial charge in [0, 0.05) is 18.9 Å². The average molecular weight is 421 g/mol. The lowest BCUT2D eigenvalue weighted by atomic mass is 10.0. The number of hydrogen-bond acceptors (Lipinski definition) is 7. The topological polar surface area (TPSA) is 78.4 Å². The number of allylic oxidation sites excluding steroid dienone is 1. The van der Waals surface area contributed by atoms with Crippen molar-refractivity contribution in [2.24, 2.45) is 0 Å². The lowest BCUT2D eigenvalue weighted by Gasteiger charge is -2.38. The van der Waals surface area contributed by atoms with E-state index in [9.17, 15) is 10.0 Å². The van der Waals surface area contributed by atoms with Crippen LogP contribution in [0.3, 0.4) is 0 Å². The zero-order valence-corrected chi connectivity index (χ0v) is 17.9. The molecule has 0 spiro atoms. The summed E-state index contributed by atoms with van der Waals surface area (Å²) in [5, 5.41) is 23.9. The van der Waals surface area contributed by atoms with E-state index in [1.165, 1.54) is 37.0 Å². The zero-order chi connectivity index (χ0) is 20.7. The minimum atomic E-state index is -0.813. The second-order valence-corrected chi connectivity index (χ2v) is 8.96. The van der Waals surface area contributed by atoms with E-state index in [0.29, 0.717) is 30.6 Å². The largest absolute Gasteiger partial charge is 0.622 e. The number of rotatable bonds is 9. The van der Waals surface area contributed by atoms with Gasteiger partial charge in [0.1, 0.15) is 11.7 Å². The molecule has 160 valence electrons. The van der Waals surface area contributed by atoms with Crippen molar-refractivity contribution in [2.75, 3.05) is 19.8 Å². The standard InChI is InChI=1S/C21H32N4O3S/c1-3-5-13-19(26)28-18-15-24(14-6-4-2)16-25(18,27)21-23-22-20(29-21)17-11-9-7-8-10-12-17/h3-4,17-18H,1-2,5-16H2. The van der Waals surface area contributed by atoms with Crippen LogP contribution in [0.1, 0.15) is 68.7 Å². The van der Waals surface area contributed by atoms with E-state index < -0.39 is 10.9 Å².